The van der Waals surface area contributed by atoms with E-state index in [-0.39, 0.29) is 12.0 Å². The monoisotopic (exact) mass is 560 g/mol. The van der Waals surface area contributed by atoms with E-state index >= 15 is 0 Å². The fourth-order valence-electron chi connectivity index (χ4n) is 4.62. The number of nitrogens with zero attached hydrogens (tertiary/aromatic N) is 2. The van der Waals surface area contributed by atoms with Crippen molar-refractivity contribution >= 4 is 40.6 Å². The number of carbonyl (C=O) groups excluding carboxylic acids is 1. The quantitative estimate of drug-likeness (QED) is 0.270. The summed E-state index contributed by atoms with van der Waals surface area (Å²) < 4.78 is 16.9. The van der Waals surface area contributed by atoms with Gasteiger partial charge in [-0.1, -0.05) is 59.8 Å². The largest absolute Gasteiger partial charge is 0.497 e. The molecule has 0 spiro atoms. The molecule has 0 saturated carbocycles. The van der Waals surface area contributed by atoms with E-state index in [0.29, 0.717) is 36.1 Å². The Morgan fingerprint density at radius 2 is 1.87 bits per heavy atom. The topological polar surface area (TPSA) is 60.4 Å². The second kappa shape index (κ2) is 12.0. The van der Waals surface area contributed by atoms with Crippen LogP contribution in [0.5, 0.6) is 11.5 Å². The predicted octanol–water partition coefficient (Wildman–Crippen LogP) is 7.27. The second-order valence-corrected chi connectivity index (χ2v) is 10.7. The maximum Gasteiger partial charge on any atom is 0.338 e. The summed E-state index contributed by atoms with van der Waals surface area (Å²) in [4.78, 5) is 21.2. The molecule has 1 unspecified atom stereocenters. The van der Waals surface area contributed by atoms with Crippen LogP contribution in [0, 0.1) is 0 Å². The van der Waals surface area contributed by atoms with Gasteiger partial charge in [0, 0.05) is 9.93 Å². The van der Waals surface area contributed by atoms with Crippen LogP contribution in [0.25, 0.3) is 6.08 Å². The first kappa shape index (κ1) is 26.9. The van der Waals surface area contributed by atoms with E-state index in [2.05, 4.69) is 17.0 Å². The molecule has 39 heavy (non-hydrogen) atoms. The molecule has 3 aromatic rings. The van der Waals surface area contributed by atoms with Crippen LogP contribution >= 0.6 is 23.4 Å². The summed E-state index contributed by atoms with van der Waals surface area (Å²) in [5.41, 5.74) is 4.24. The van der Waals surface area contributed by atoms with Crippen LogP contribution in [0.15, 0.2) is 94.0 Å². The number of ether oxygens (including phenoxy) is 3. The third kappa shape index (κ3) is 6.15. The van der Waals surface area contributed by atoms with Gasteiger partial charge in [-0.25, -0.2) is 9.79 Å². The third-order valence-electron chi connectivity index (χ3n) is 6.44. The van der Waals surface area contributed by atoms with Gasteiger partial charge in [0.05, 0.1) is 37.6 Å². The molecule has 0 aliphatic carbocycles. The molecule has 0 aromatic heterocycles. The van der Waals surface area contributed by atoms with Crippen molar-refractivity contribution in [2.75, 3.05) is 20.3 Å². The number of benzene rings is 3. The van der Waals surface area contributed by atoms with Gasteiger partial charge in [0.2, 0.25) is 0 Å². The molecule has 0 radical (unpaired) electrons. The number of thioether (sulfide) groups is 1. The Morgan fingerprint density at radius 1 is 1.10 bits per heavy atom. The lowest BCUT2D eigenvalue weighted by Gasteiger charge is -2.34. The first-order chi connectivity index (χ1) is 18.9. The lowest BCUT2D eigenvalue weighted by atomic mass is 9.94. The second-order valence-electron chi connectivity index (χ2n) is 9.12. The van der Waals surface area contributed by atoms with Crippen molar-refractivity contribution < 1.29 is 19.0 Å². The number of allylic oxidation sites excluding steroid dienone is 1. The summed E-state index contributed by atoms with van der Waals surface area (Å²) in [7, 11) is 1.64. The Balaban J connectivity index is 1.40. The number of rotatable bonds is 8. The number of hydrogen-bond acceptors (Lipinski definition) is 7. The van der Waals surface area contributed by atoms with E-state index in [1.54, 1.807) is 18.9 Å². The Labute approximate surface area is 237 Å². The zero-order chi connectivity index (χ0) is 27.4. The Kier molecular flexibility index (Phi) is 8.29. The first-order valence-corrected chi connectivity index (χ1v) is 13.9. The third-order valence-corrected chi connectivity index (χ3v) is 7.71. The highest BCUT2D eigenvalue weighted by molar-refractivity contribution is 8.17. The molecular weight excluding hydrogens is 532 g/mol. The van der Waals surface area contributed by atoms with Crippen molar-refractivity contribution in [2.24, 2.45) is 4.99 Å². The number of aliphatic imine (C=N–C) groups is 1. The summed E-state index contributed by atoms with van der Waals surface area (Å²) in [5.74, 6) is 1.17. The van der Waals surface area contributed by atoms with E-state index < -0.39 is 0 Å². The van der Waals surface area contributed by atoms with Crippen LogP contribution in [0.2, 0.25) is 5.02 Å². The van der Waals surface area contributed by atoms with Crippen LogP contribution in [0.1, 0.15) is 36.6 Å². The molecule has 1 saturated heterocycles. The zero-order valence-electron chi connectivity index (χ0n) is 22.0. The number of methoxy groups -OCH3 is 1. The number of halogens is 1. The Hall–Kier alpha value is -3.68. The van der Waals surface area contributed by atoms with Crippen molar-refractivity contribution in [2.45, 2.75) is 26.5 Å². The van der Waals surface area contributed by atoms with Gasteiger partial charge in [-0.15, -0.1) is 0 Å². The maximum absolute atomic E-state index is 13.1. The van der Waals surface area contributed by atoms with Gasteiger partial charge in [0.15, 0.2) is 5.17 Å². The molecular formula is C31H29ClN2O4S. The molecule has 0 bridgehead atoms. The van der Waals surface area contributed by atoms with Gasteiger partial charge in [-0.3, -0.25) is 0 Å². The lowest BCUT2D eigenvalue weighted by molar-refractivity contribution is -0.139. The van der Waals surface area contributed by atoms with Crippen LogP contribution in [0.4, 0.5) is 0 Å². The lowest BCUT2D eigenvalue weighted by Crippen LogP contribution is -2.36. The SMILES string of the molecule is CCOC(=O)C1=C(C)N=C2SC(=Cc3cccc(OCc4ccc(Cl)cc4)c3)CN2C1c1cccc(OC)c1. The average molecular weight is 561 g/mol. The van der Waals surface area contributed by atoms with Crippen LogP contribution in [0.3, 0.4) is 0 Å². The van der Waals surface area contributed by atoms with Crippen molar-refractivity contribution in [3.8, 4) is 11.5 Å². The highest BCUT2D eigenvalue weighted by atomic mass is 35.5. The molecule has 200 valence electrons. The van der Waals surface area contributed by atoms with Crippen LogP contribution in [-0.2, 0) is 16.1 Å². The number of fused-ring (bicyclic) bond motifs is 1. The Morgan fingerprint density at radius 3 is 2.64 bits per heavy atom. The van der Waals surface area contributed by atoms with Gasteiger partial charge in [-0.2, -0.15) is 0 Å². The molecule has 1 atom stereocenters. The maximum atomic E-state index is 13.1. The number of carbonyl (C=O) groups is 1. The zero-order valence-corrected chi connectivity index (χ0v) is 23.6. The average Bonchev–Trinajstić information content (AvgIpc) is 3.33. The van der Waals surface area contributed by atoms with Crippen molar-refractivity contribution in [1.29, 1.82) is 0 Å². The smallest absolute Gasteiger partial charge is 0.338 e. The minimum atomic E-state index is -0.349. The molecule has 2 heterocycles. The van der Waals surface area contributed by atoms with Gasteiger partial charge < -0.3 is 19.1 Å². The van der Waals surface area contributed by atoms with E-state index in [1.165, 1.54) is 0 Å². The molecule has 2 aliphatic rings. The highest BCUT2D eigenvalue weighted by Gasteiger charge is 2.40. The number of amidine groups is 1. The minimum absolute atomic E-state index is 0.299. The molecule has 5 rings (SSSR count). The highest BCUT2D eigenvalue weighted by Crippen LogP contribution is 2.45. The van der Waals surface area contributed by atoms with E-state index in [0.717, 1.165) is 38.3 Å². The molecule has 8 heteroatoms. The van der Waals surface area contributed by atoms with Gasteiger partial charge >= 0.3 is 5.97 Å². The molecule has 6 nitrogen and oxygen atoms in total. The molecule has 1 fully saturated rings. The van der Waals surface area contributed by atoms with Crippen LogP contribution in [-0.4, -0.2) is 36.3 Å². The van der Waals surface area contributed by atoms with Crippen molar-refractivity contribution in [3.05, 3.63) is 111 Å². The molecule has 0 amide bonds. The van der Waals surface area contributed by atoms with Gasteiger partial charge in [0.25, 0.3) is 0 Å². The predicted molar refractivity (Wildman–Crippen MR) is 157 cm³/mol. The van der Waals surface area contributed by atoms with Crippen molar-refractivity contribution in [3.63, 3.8) is 0 Å². The normalized spacial score (nSPS) is 17.6. The summed E-state index contributed by atoms with van der Waals surface area (Å²) in [6.07, 6.45) is 2.14. The van der Waals surface area contributed by atoms with E-state index in [1.807, 2.05) is 80.6 Å². The fourth-order valence-corrected chi connectivity index (χ4v) is 5.85. The van der Waals surface area contributed by atoms with Gasteiger partial charge in [0.1, 0.15) is 18.1 Å². The molecule has 3 aromatic carbocycles. The van der Waals surface area contributed by atoms with Crippen LogP contribution < -0.4 is 9.47 Å². The number of esters is 1. The molecule has 2 aliphatic heterocycles. The number of hydrogen-bond donors (Lipinski definition) is 0. The summed E-state index contributed by atoms with van der Waals surface area (Å²) in [6.45, 7) is 5.05. The minimum Gasteiger partial charge on any atom is -0.497 e. The standard InChI is InChI=1S/C31H29ClN2O4S/c1-4-37-30(35)28-20(2)33-31-34(29(28)23-8-6-9-25(17-23)36-3)18-27(39-31)16-22-7-5-10-26(15-22)38-19-21-11-13-24(32)14-12-21/h5-17,29H,4,18-19H2,1-3H3. The van der Waals surface area contributed by atoms with E-state index in [9.17, 15) is 4.79 Å². The van der Waals surface area contributed by atoms with Gasteiger partial charge in [-0.05, 0) is 73.0 Å². The fraction of sp³-hybridized carbons (Fsp3) is 0.226. The summed E-state index contributed by atoms with van der Waals surface area (Å²) >= 11 is 7.60. The summed E-state index contributed by atoms with van der Waals surface area (Å²) in [5, 5.41) is 1.56. The Bertz CT molecular complexity index is 1470. The van der Waals surface area contributed by atoms with E-state index in [4.69, 9.17) is 30.8 Å². The summed E-state index contributed by atoms with van der Waals surface area (Å²) in [6, 6.07) is 23.1. The first-order valence-electron chi connectivity index (χ1n) is 12.7. The molecule has 0 N–H and O–H groups in total. The van der Waals surface area contributed by atoms with Crippen molar-refractivity contribution in [1.82, 2.24) is 4.90 Å².